The molecule has 0 spiro atoms. The second kappa shape index (κ2) is 11.3. The first-order valence-corrected chi connectivity index (χ1v) is 10.9. The van der Waals surface area contributed by atoms with Gasteiger partial charge in [-0.2, -0.15) is 0 Å². The zero-order valence-corrected chi connectivity index (χ0v) is 18.3. The molecule has 0 aromatic heterocycles. The van der Waals surface area contributed by atoms with Gasteiger partial charge in [0.15, 0.2) is 0 Å². The number of nitrogens with zero attached hydrogens (tertiary/aromatic N) is 1. The van der Waals surface area contributed by atoms with E-state index in [0.29, 0.717) is 28.8 Å². The Morgan fingerprint density at radius 2 is 1.79 bits per heavy atom. The van der Waals surface area contributed by atoms with Crippen LogP contribution in [0.25, 0.3) is 0 Å². The largest absolute Gasteiger partial charge is 0.357 e. The Balaban J connectivity index is 2.10. The van der Waals surface area contributed by atoms with Crippen molar-refractivity contribution in [3.05, 3.63) is 69.7 Å². The van der Waals surface area contributed by atoms with Gasteiger partial charge in [-0.15, -0.1) is 11.8 Å². The third-order valence-electron chi connectivity index (χ3n) is 4.34. The van der Waals surface area contributed by atoms with Gasteiger partial charge >= 0.3 is 0 Å². The van der Waals surface area contributed by atoms with Crippen LogP contribution in [-0.4, -0.2) is 35.6 Å². The van der Waals surface area contributed by atoms with Gasteiger partial charge in [0.1, 0.15) is 6.04 Å². The summed E-state index contributed by atoms with van der Waals surface area (Å²) in [7, 11) is 1.59. The van der Waals surface area contributed by atoms with E-state index >= 15 is 0 Å². The lowest BCUT2D eigenvalue weighted by Crippen LogP contribution is -2.48. The topological polar surface area (TPSA) is 49.4 Å². The van der Waals surface area contributed by atoms with Gasteiger partial charge < -0.3 is 10.2 Å². The zero-order valence-electron chi connectivity index (χ0n) is 16.0. The van der Waals surface area contributed by atoms with Gasteiger partial charge in [0.05, 0.1) is 5.75 Å². The number of nitrogens with one attached hydrogen (secondary N) is 1. The van der Waals surface area contributed by atoms with E-state index in [1.54, 1.807) is 24.1 Å². The maximum absolute atomic E-state index is 13.0. The van der Waals surface area contributed by atoms with Gasteiger partial charge in [-0.3, -0.25) is 9.59 Å². The molecule has 1 N–H and O–H groups in total. The average Bonchev–Trinajstić information content (AvgIpc) is 2.70. The molecule has 0 aliphatic rings. The molecule has 1 atom stereocenters. The first-order valence-electron chi connectivity index (χ1n) is 9.03. The van der Waals surface area contributed by atoms with Gasteiger partial charge in [-0.05, 0) is 35.7 Å². The summed E-state index contributed by atoms with van der Waals surface area (Å²) in [5, 5.41) is 3.98. The fourth-order valence-corrected chi connectivity index (χ4v) is 4.14. The number of amides is 2. The SMILES string of the molecule is CC[C@@H](C(=O)NC)N(Cc1ccc(Cl)cc1)C(=O)CSCc1ccccc1Cl. The molecule has 2 rings (SSSR count). The fraction of sp³-hybridized carbons (Fsp3) is 0.333. The molecule has 2 aromatic carbocycles. The average molecular weight is 439 g/mol. The van der Waals surface area contributed by atoms with Crippen LogP contribution >= 0.6 is 35.0 Å². The van der Waals surface area contributed by atoms with Crippen molar-refractivity contribution in [3.63, 3.8) is 0 Å². The van der Waals surface area contributed by atoms with Crippen LogP contribution in [0.3, 0.4) is 0 Å². The number of rotatable bonds is 9. The molecule has 28 heavy (non-hydrogen) atoms. The number of halogens is 2. The fourth-order valence-electron chi connectivity index (χ4n) is 2.82. The number of carbonyl (C=O) groups is 2. The lowest BCUT2D eigenvalue weighted by molar-refractivity contribution is -0.139. The summed E-state index contributed by atoms with van der Waals surface area (Å²) in [5.74, 6) is 0.659. The molecule has 0 saturated heterocycles. The van der Waals surface area contributed by atoms with E-state index in [2.05, 4.69) is 5.32 Å². The van der Waals surface area contributed by atoms with E-state index in [1.165, 1.54) is 11.8 Å². The van der Waals surface area contributed by atoms with E-state index in [4.69, 9.17) is 23.2 Å². The third-order valence-corrected chi connectivity index (χ3v) is 5.93. The maximum atomic E-state index is 13.0. The summed E-state index contributed by atoms with van der Waals surface area (Å²) < 4.78 is 0. The Morgan fingerprint density at radius 3 is 2.39 bits per heavy atom. The quantitative estimate of drug-likeness (QED) is 0.612. The van der Waals surface area contributed by atoms with Gasteiger partial charge in [-0.1, -0.05) is 60.5 Å². The maximum Gasteiger partial charge on any atom is 0.242 e. The van der Waals surface area contributed by atoms with Crippen LogP contribution in [-0.2, 0) is 21.9 Å². The van der Waals surface area contributed by atoms with Crippen molar-refractivity contribution in [2.75, 3.05) is 12.8 Å². The van der Waals surface area contributed by atoms with Crippen LogP contribution in [0.15, 0.2) is 48.5 Å². The zero-order chi connectivity index (χ0) is 20.5. The number of thioether (sulfide) groups is 1. The number of likely N-dealkylation sites (N-methyl/N-ethyl adjacent to an activating group) is 1. The predicted octanol–water partition coefficient (Wildman–Crippen LogP) is 4.78. The molecule has 0 aliphatic carbocycles. The Kier molecular flexibility index (Phi) is 9.16. The lowest BCUT2D eigenvalue weighted by atomic mass is 10.1. The summed E-state index contributed by atoms with van der Waals surface area (Å²) in [6.07, 6.45) is 0.536. The van der Waals surface area contributed by atoms with Crippen LogP contribution in [0, 0.1) is 0 Å². The number of hydrogen-bond acceptors (Lipinski definition) is 3. The molecule has 0 bridgehead atoms. The summed E-state index contributed by atoms with van der Waals surface area (Å²) in [6.45, 7) is 2.26. The third kappa shape index (κ3) is 6.43. The normalized spacial score (nSPS) is 11.7. The molecule has 0 fully saturated rings. The highest BCUT2D eigenvalue weighted by Gasteiger charge is 2.27. The Hall–Kier alpha value is -1.69. The molecule has 2 aromatic rings. The van der Waals surface area contributed by atoms with E-state index in [1.807, 2.05) is 43.3 Å². The lowest BCUT2D eigenvalue weighted by Gasteiger charge is -2.30. The molecule has 0 saturated carbocycles. The molecule has 150 valence electrons. The van der Waals surface area contributed by atoms with Crippen LogP contribution in [0.2, 0.25) is 10.0 Å². The highest BCUT2D eigenvalue weighted by Crippen LogP contribution is 2.22. The number of hydrogen-bond donors (Lipinski definition) is 1. The Labute approximate surface area is 180 Å². The highest BCUT2D eigenvalue weighted by molar-refractivity contribution is 7.99. The van der Waals surface area contributed by atoms with E-state index < -0.39 is 6.04 Å². The van der Waals surface area contributed by atoms with Gasteiger partial charge in [0.2, 0.25) is 11.8 Å². The van der Waals surface area contributed by atoms with E-state index in [0.717, 1.165) is 11.1 Å². The van der Waals surface area contributed by atoms with Crippen LogP contribution in [0.5, 0.6) is 0 Å². The van der Waals surface area contributed by atoms with Crippen LogP contribution < -0.4 is 5.32 Å². The standard InChI is InChI=1S/C21H24Cl2N2O2S/c1-3-19(21(27)24-2)25(12-15-8-10-17(22)11-9-15)20(26)14-28-13-16-6-4-5-7-18(16)23/h4-11,19H,3,12-14H2,1-2H3,(H,24,27)/t19-/m0/s1. The molecule has 4 nitrogen and oxygen atoms in total. The minimum Gasteiger partial charge on any atom is -0.357 e. The second-order valence-electron chi connectivity index (χ2n) is 6.27. The number of benzene rings is 2. The van der Waals surface area contributed by atoms with Crippen LogP contribution in [0.1, 0.15) is 24.5 Å². The smallest absolute Gasteiger partial charge is 0.242 e. The molecular formula is C21H24Cl2N2O2S. The van der Waals surface area contributed by atoms with Crippen molar-refractivity contribution in [1.82, 2.24) is 10.2 Å². The van der Waals surface area contributed by atoms with Crippen molar-refractivity contribution in [2.45, 2.75) is 31.7 Å². The molecular weight excluding hydrogens is 415 g/mol. The van der Waals surface area contributed by atoms with Gasteiger partial charge in [-0.25, -0.2) is 0 Å². The molecule has 0 heterocycles. The number of carbonyl (C=O) groups excluding carboxylic acids is 2. The Bertz CT molecular complexity index is 799. The van der Waals surface area contributed by atoms with Crippen molar-refractivity contribution in [2.24, 2.45) is 0 Å². The summed E-state index contributed by atoms with van der Waals surface area (Å²) in [4.78, 5) is 26.9. The monoisotopic (exact) mass is 438 g/mol. The molecule has 2 amide bonds. The summed E-state index contributed by atoms with van der Waals surface area (Å²) >= 11 is 13.6. The van der Waals surface area contributed by atoms with Crippen molar-refractivity contribution < 1.29 is 9.59 Å². The highest BCUT2D eigenvalue weighted by atomic mass is 35.5. The van der Waals surface area contributed by atoms with E-state index in [-0.39, 0.29) is 17.6 Å². The first-order chi connectivity index (χ1) is 13.5. The van der Waals surface area contributed by atoms with Crippen LogP contribution in [0.4, 0.5) is 0 Å². The molecule has 0 unspecified atom stereocenters. The van der Waals surface area contributed by atoms with Crippen molar-refractivity contribution in [3.8, 4) is 0 Å². The second-order valence-corrected chi connectivity index (χ2v) is 8.10. The predicted molar refractivity (Wildman–Crippen MR) is 118 cm³/mol. The van der Waals surface area contributed by atoms with Crippen molar-refractivity contribution >= 4 is 46.8 Å². The van der Waals surface area contributed by atoms with E-state index in [9.17, 15) is 9.59 Å². The molecule has 0 radical (unpaired) electrons. The Morgan fingerprint density at radius 1 is 1.11 bits per heavy atom. The van der Waals surface area contributed by atoms with Crippen molar-refractivity contribution in [1.29, 1.82) is 0 Å². The minimum atomic E-state index is -0.519. The summed E-state index contributed by atoms with van der Waals surface area (Å²) in [6, 6.07) is 14.4. The first kappa shape index (κ1) is 22.6. The molecule has 7 heteroatoms. The van der Waals surface area contributed by atoms with Gasteiger partial charge in [0.25, 0.3) is 0 Å². The summed E-state index contributed by atoms with van der Waals surface area (Å²) in [5.41, 5.74) is 1.92. The molecule has 0 aliphatic heterocycles. The minimum absolute atomic E-state index is 0.0811. The van der Waals surface area contributed by atoms with Gasteiger partial charge in [0, 0.05) is 29.4 Å².